The van der Waals surface area contributed by atoms with Crippen LogP contribution in [0.3, 0.4) is 0 Å². The van der Waals surface area contributed by atoms with Crippen molar-refractivity contribution in [2.24, 2.45) is 0 Å². The minimum absolute atomic E-state index is 0.311. The summed E-state index contributed by atoms with van der Waals surface area (Å²) >= 11 is 0. The lowest BCUT2D eigenvalue weighted by Crippen LogP contribution is -1.94. The van der Waals surface area contributed by atoms with Crippen LogP contribution in [0.15, 0.2) is 24.3 Å². The first-order valence-corrected chi connectivity index (χ1v) is 4.99. The molecule has 14 heavy (non-hydrogen) atoms. The SMILES string of the molecule is CC#C[C@@H](CCC)c1ccc(O)cc1. The lowest BCUT2D eigenvalue weighted by molar-refractivity contribution is 0.475. The van der Waals surface area contributed by atoms with Crippen molar-refractivity contribution >= 4 is 0 Å². The van der Waals surface area contributed by atoms with Crippen LogP contribution in [0.4, 0.5) is 0 Å². The van der Waals surface area contributed by atoms with Crippen molar-refractivity contribution in [2.75, 3.05) is 0 Å². The zero-order valence-corrected chi connectivity index (χ0v) is 8.75. The number of phenolic OH excluding ortho intramolecular Hbond substituents is 1. The summed E-state index contributed by atoms with van der Waals surface area (Å²) in [5.74, 6) is 6.76. The molecule has 1 heteroatoms. The van der Waals surface area contributed by atoms with Crippen LogP contribution in [0.5, 0.6) is 5.75 Å². The molecule has 1 rings (SSSR count). The van der Waals surface area contributed by atoms with Gasteiger partial charge in [0.2, 0.25) is 0 Å². The van der Waals surface area contributed by atoms with E-state index in [9.17, 15) is 0 Å². The van der Waals surface area contributed by atoms with E-state index in [4.69, 9.17) is 5.11 Å². The predicted molar refractivity (Wildman–Crippen MR) is 59.2 cm³/mol. The van der Waals surface area contributed by atoms with Gasteiger partial charge in [0.05, 0.1) is 0 Å². The molecular weight excluding hydrogens is 172 g/mol. The standard InChI is InChI=1S/C13H16O/c1-3-5-11(6-4-2)12-7-9-13(14)10-8-12/h7-11,14H,3,5H2,1-2H3/t11-/m1/s1. The largest absolute Gasteiger partial charge is 0.508 e. The van der Waals surface area contributed by atoms with E-state index in [1.54, 1.807) is 12.1 Å². The highest BCUT2D eigenvalue weighted by atomic mass is 16.3. The molecule has 0 aromatic heterocycles. The fourth-order valence-corrected chi connectivity index (χ4v) is 1.49. The van der Waals surface area contributed by atoms with Crippen LogP contribution in [-0.2, 0) is 0 Å². The molecule has 1 N–H and O–H groups in total. The summed E-state index contributed by atoms with van der Waals surface area (Å²) in [5, 5.41) is 9.16. The van der Waals surface area contributed by atoms with E-state index in [-0.39, 0.29) is 0 Å². The van der Waals surface area contributed by atoms with Crippen LogP contribution in [0.1, 0.15) is 38.2 Å². The number of benzene rings is 1. The van der Waals surface area contributed by atoms with Gasteiger partial charge in [-0.1, -0.05) is 31.4 Å². The molecule has 0 saturated carbocycles. The van der Waals surface area contributed by atoms with Crippen LogP contribution in [0, 0.1) is 11.8 Å². The second kappa shape index (κ2) is 5.34. The average molecular weight is 188 g/mol. The van der Waals surface area contributed by atoms with Gasteiger partial charge >= 0.3 is 0 Å². The van der Waals surface area contributed by atoms with Crippen molar-refractivity contribution in [1.82, 2.24) is 0 Å². The van der Waals surface area contributed by atoms with E-state index < -0.39 is 0 Å². The van der Waals surface area contributed by atoms with Crippen LogP contribution in [0.2, 0.25) is 0 Å². The Morgan fingerprint density at radius 1 is 1.29 bits per heavy atom. The van der Waals surface area contributed by atoms with Gasteiger partial charge in [0.25, 0.3) is 0 Å². The fraction of sp³-hybridized carbons (Fsp3) is 0.385. The van der Waals surface area contributed by atoms with E-state index in [2.05, 4.69) is 18.8 Å². The van der Waals surface area contributed by atoms with Gasteiger partial charge in [-0.3, -0.25) is 0 Å². The van der Waals surface area contributed by atoms with Gasteiger partial charge in [-0.05, 0) is 31.0 Å². The lowest BCUT2D eigenvalue weighted by Gasteiger charge is -2.09. The highest BCUT2D eigenvalue weighted by Gasteiger charge is 2.06. The predicted octanol–water partition coefficient (Wildman–Crippen LogP) is 3.30. The van der Waals surface area contributed by atoms with Crippen molar-refractivity contribution in [2.45, 2.75) is 32.6 Å². The van der Waals surface area contributed by atoms with E-state index in [1.807, 2.05) is 19.1 Å². The molecule has 0 fully saturated rings. The van der Waals surface area contributed by atoms with Gasteiger partial charge in [-0.25, -0.2) is 0 Å². The van der Waals surface area contributed by atoms with Crippen molar-refractivity contribution in [3.05, 3.63) is 29.8 Å². The van der Waals surface area contributed by atoms with Gasteiger partial charge in [0.15, 0.2) is 0 Å². The number of hydrogen-bond donors (Lipinski definition) is 1. The molecule has 0 aliphatic rings. The Morgan fingerprint density at radius 2 is 1.93 bits per heavy atom. The second-order valence-electron chi connectivity index (χ2n) is 3.33. The number of hydrogen-bond acceptors (Lipinski definition) is 1. The third-order valence-electron chi connectivity index (χ3n) is 2.19. The Morgan fingerprint density at radius 3 is 2.43 bits per heavy atom. The van der Waals surface area contributed by atoms with Crippen molar-refractivity contribution in [3.8, 4) is 17.6 Å². The third-order valence-corrected chi connectivity index (χ3v) is 2.19. The summed E-state index contributed by atoms with van der Waals surface area (Å²) in [6.07, 6.45) is 2.20. The summed E-state index contributed by atoms with van der Waals surface area (Å²) in [4.78, 5) is 0. The van der Waals surface area contributed by atoms with Crippen molar-refractivity contribution in [1.29, 1.82) is 0 Å². The molecule has 0 aliphatic carbocycles. The number of rotatable bonds is 3. The monoisotopic (exact) mass is 188 g/mol. The Kier molecular flexibility index (Phi) is 4.07. The first kappa shape index (κ1) is 10.7. The summed E-state index contributed by atoms with van der Waals surface area (Å²) in [5.41, 5.74) is 1.19. The summed E-state index contributed by atoms with van der Waals surface area (Å²) < 4.78 is 0. The van der Waals surface area contributed by atoms with E-state index in [1.165, 1.54) is 5.56 Å². The Labute approximate surface area is 85.8 Å². The minimum Gasteiger partial charge on any atom is -0.508 e. The van der Waals surface area contributed by atoms with Crippen LogP contribution < -0.4 is 0 Å². The maximum atomic E-state index is 9.16. The molecule has 1 nitrogen and oxygen atoms in total. The summed E-state index contributed by atoms with van der Waals surface area (Å²) in [6.45, 7) is 4.02. The zero-order chi connectivity index (χ0) is 10.4. The Bertz CT molecular complexity index is 326. The van der Waals surface area contributed by atoms with Crippen LogP contribution in [-0.4, -0.2) is 5.11 Å². The van der Waals surface area contributed by atoms with Gasteiger partial charge in [0, 0.05) is 5.92 Å². The van der Waals surface area contributed by atoms with Crippen molar-refractivity contribution < 1.29 is 5.11 Å². The molecule has 0 saturated heterocycles. The molecule has 0 unspecified atom stereocenters. The molecule has 0 aliphatic heterocycles. The molecule has 0 heterocycles. The quantitative estimate of drug-likeness (QED) is 0.721. The molecule has 1 aromatic carbocycles. The molecule has 0 bridgehead atoms. The van der Waals surface area contributed by atoms with Gasteiger partial charge in [0.1, 0.15) is 5.75 Å². The molecule has 0 amide bonds. The van der Waals surface area contributed by atoms with Gasteiger partial charge in [-0.2, -0.15) is 0 Å². The Hall–Kier alpha value is -1.42. The summed E-state index contributed by atoms with van der Waals surface area (Å²) in [6, 6.07) is 7.32. The number of aromatic hydroxyl groups is 1. The molecular formula is C13H16O. The average Bonchev–Trinajstić information content (AvgIpc) is 2.19. The van der Waals surface area contributed by atoms with E-state index >= 15 is 0 Å². The Balaban J connectivity index is 2.85. The normalized spacial score (nSPS) is 11.6. The summed E-state index contributed by atoms with van der Waals surface area (Å²) in [7, 11) is 0. The van der Waals surface area contributed by atoms with Crippen LogP contribution in [0.25, 0.3) is 0 Å². The molecule has 1 aromatic rings. The van der Waals surface area contributed by atoms with Crippen molar-refractivity contribution in [3.63, 3.8) is 0 Å². The highest BCUT2D eigenvalue weighted by Crippen LogP contribution is 2.22. The zero-order valence-electron chi connectivity index (χ0n) is 8.75. The maximum absolute atomic E-state index is 9.16. The first-order valence-electron chi connectivity index (χ1n) is 4.99. The van der Waals surface area contributed by atoms with Gasteiger partial charge < -0.3 is 5.11 Å². The smallest absolute Gasteiger partial charge is 0.115 e. The third kappa shape index (κ3) is 2.81. The lowest BCUT2D eigenvalue weighted by atomic mass is 9.95. The molecule has 74 valence electrons. The maximum Gasteiger partial charge on any atom is 0.115 e. The topological polar surface area (TPSA) is 20.2 Å². The molecule has 0 spiro atoms. The second-order valence-corrected chi connectivity index (χ2v) is 3.33. The number of phenols is 1. The highest BCUT2D eigenvalue weighted by molar-refractivity contribution is 5.32. The van der Waals surface area contributed by atoms with E-state index in [0.717, 1.165) is 12.8 Å². The minimum atomic E-state index is 0.311. The molecule has 1 atom stereocenters. The van der Waals surface area contributed by atoms with E-state index in [0.29, 0.717) is 11.7 Å². The van der Waals surface area contributed by atoms with Crippen LogP contribution >= 0.6 is 0 Å². The fourth-order valence-electron chi connectivity index (χ4n) is 1.49. The first-order chi connectivity index (χ1) is 6.77. The van der Waals surface area contributed by atoms with Gasteiger partial charge in [-0.15, -0.1) is 5.92 Å². The molecule has 0 radical (unpaired) electrons.